The summed E-state index contributed by atoms with van der Waals surface area (Å²) < 4.78 is 2.03. The Labute approximate surface area is 91.7 Å². The molecule has 15 heavy (non-hydrogen) atoms. The van der Waals surface area contributed by atoms with E-state index in [-0.39, 0.29) is 11.5 Å². The van der Waals surface area contributed by atoms with Gasteiger partial charge in [0.25, 0.3) is 0 Å². The van der Waals surface area contributed by atoms with Crippen LogP contribution in [0.15, 0.2) is 12.3 Å². The molecule has 0 aromatic carbocycles. The van der Waals surface area contributed by atoms with E-state index in [0.29, 0.717) is 11.8 Å². The van der Waals surface area contributed by atoms with E-state index in [9.17, 15) is 0 Å². The van der Waals surface area contributed by atoms with Gasteiger partial charge < -0.3 is 5.73 Å². The first kappa shape index (κ1) is 10.7. The first-order valence-electron chi connectivity index (χ1n) is 5.72. The third-order valence-corrected chi connectivity index (χ3v) is 3.44. The lowest BCUT2D eigenvalue weighted by Crippen LogP contribution is -2.07. The van der Waals surface area contributed by atoms with Crippen molar-refractivity contribution < 1.29 is 0 Å². The maximum Gasteiger partial charge on any atom is 0.0677 e. The van der Waals surface area contributed by atoms with E-state index >= 15 is 0 Å². The number of hydrogen-bond donors (Lipinski definition) is 1. The number of hydrogen-bond acceptors (Lipinski definition) is 2. The minimum absolute atomic E-state index is 0.233. The van der Waals surface area contributed by atoms with Gasteiger partial charge in [-0.1, -0.05) is 27.7 Å². The number of nitrogens with zero attached hydrogens (tertiary/aromatic N) is 2. The monoisotopic (exact) mass is 207 g/mol. The lowest BCUT2D eigenvalue weighted by atomic mass is 10.1. The summed E-state index contributed by atoms with van der Waals surface area (Å²) in [7, 11) is 0. The molecule has 2 atom stereocenters. The van der Waals surface area contributed by atoms with Crippen LogP contribution in [0.3, 0.4) is 0 Å². The summed E-state index contributed by atoms with van der Waals surface area (Å²) in [5.41, 5.74) is 7.43. The smallest absolute Gasteiger partial charge is 0.0677 e. The van der Waals surface area contributed by atoms with Gasteiger partial charge in [-0.05, 0) is 17.4 Å². The predicted octanol–water partition coefficient (Wildman–Crippen LogP) is 1.99. The van der Waals surface area contributed by atoms with E-state index in [1.807, 2.05) is 4.68 Å². The van der Waals surface area contributed by atoms with Gasteiger partial charge in [0.05, 0.1) is 5.69 Å². The van der Waals surface area contributed by atoms with Crippen molar-refractivity contribution in [3.8, 4) is 0 Å². The zero-order chi connectivity index (χ0) is 11.2. The molecule has 0 aliphatic heterocycles. The van der Waals surface area contributed by atoms with Crippen molar-refractivity contribution in [2.24, 2.45) is 17.1 Å². The van der Waals surface area contributed by atoms with Crippen molar-refractivity contribution in [1.29, 1.82) is 0 Å². The summed E-state index contributed by atoms with van der Waals surface area (Å²) in [6.45, 7) is 9.82. The highest BCUT2D eigenvalue weighted by molar-refractivity contribution is 5.27. The summed E-state index contributed by atoms with van der Waals surface area (Å²) in [5.74, 6) is 1.09. The van der Waals surface area contributed by atoms with Crippen LogP contribution in [0.1, 0.15) is 39.3 Å². The summed E-state index contributed by atoms with van der Waals surface area (Å²) in [6.07, 6.45) is 2.07. The van der Waals surface area contributed by atoms with Gasteiger partial charge >= 0.3 is 0 Å². The Hall–Kier alpha value is -0.830. The maximum atomic E-state index is 6.04. The summed E-state index contributed by atoms with van der Waals surface area (Å²) in [6, 6.07) is 2.39. The van der Waals surface area contributed by atoms with Crippen molar-refractivity contribution in [2.75, 3.05) is 0 Å². The average molecular weight is 207 g/mol. The predicted molar refractivity (Wildman–Crippen MR) is 61.6 cm³/mol. The largest absolute Gasteiger partial charge is 0.327 e. The molecule has 2 rings (SSSR count). The second kappa shape index (κ2) is 3.34. The van der Waals surface area contributed by atoms with E-state index in [1.165, 1.54) is 0 Å². The molecule has 3 nitrogen and oxygen atoms in total. The van der Waals surface area contributed by atoms with Crippen molar-refractivity contribution in [1.82, 2.24) is 9.78 Å². The second-order valence-corrected chi connectivity index (χ2v) is 5.68. The zero-order valence-corrected chi connectivity index (χ0v) is 10.1. The summed E-state index contributed by atoms with van der Waals surface area (Å²) in [5, 5.41) is 4.60. The van der Waals surface area contributed by atoms with Gasteiger partial charge in [-0.2, -0.15) is 5.10 Å². The zero-order valence-electron chi connectivity index (χ0n) is 10.1. The van der Waals surface area contributed by atoms with Gasteiger partial charge in [-0.3, -0.25) is 4.68 Å². The Bertz CT molecular complexity index is 352. The average Bonchev–Trinajstić information content (AvgIpc) is 2.46. The van der Waals surface area contributed by atoms with Crippen LogP contribution in [0.4, 0.5) is 0 Å². The fraction of sp³-hybridized carbons (Fsp3) is 0.750. The topological polar surface area (TPSA) is 43.8 Å². The van der Waals surface area contributed by atoms with Crippen molar-refractivity contribution in [3.05, 3.63) is 18.0 Å². The molecule has 1 aromatic heterocycles. The SMILES string of the molecule is CC(C)Cn1ccc(C2C(N)C2(C)C)n1. The second-order valence-electron chi connectivity index (χ2n) is 5.68. The fourth-order valence-electron chi connectivity index (χ4n) is 2.26. The molecule has 3 heteroatoms. The number of aromatic nitrogens is 2. The molecule has 0 amide bonds. The third kappa shape index (κ3) is 1.81. The van der Waals surface area contributed by atoms with Gasteiger partial charge in [0.2, 0.25) is 0 Å². The van der Waals surface area contributed by atoms with Crippen LogP contribution in [-0.4, -0.2) is 15.8 Å². The normalized spacial score (nSPS) is 28.4. The number of nitrogens with two attached hydrogens (primary N) is 1. The van der Waals surface area contributed by atoms with Gasteiger partial charge in [-0.25, -0.2) is 0 Å². The van der Waals surface area contributed by atoms with Crippen LogP contribution in [-0.2, 0) is 6.54 Å². The first-order chi connectivity index (χ1) is 6.93. The molecule has 0 saturated heterocycles. The minimum atomic E-state index is 0.233. The maximum absolute atomic E-state index is 6.04. The standard InChI is InChI=1S/C12H21N3/c1-8(2)7-15-6-5-9(14-15)10-11(13)12(10,3)4/h5-6,8,10-11H,7,13H2,1-4H3. The number of rotatable bonds is 3. The van der Waals surface area contributed by atoms with Crippen LogP contribution >= 0.6 is 0 Å². The van der Waals surface area contributed by atoms with E-state index < -0.39 is 0 Å². The fourth-order valence-corrected chi connectivity index (χ4v) is 2.26. The molecule has 1 heterocycles. The van der Waals surface area contributed by atoms with Gasteiger partial charge in [0, 0.05) is 24.7 Å². The van der Waals surface area contributed by atoms with Crippen molar-refractivity contribution in [3.63, 3.8) is 0 Å². The van der Waals surface area contributed by atoms with E-state index in [0.717, 1.165) is 12.2 Å². The highest BCUT2D eigenvalue weighted by atomic mass is 15.3. The quantitative estimate of drug-likeness (QED) is 0.823. The molecule has 1 saturated carbocycles. The third-order valence-electron chi connectivity index (χ3n) is 3.44. The molecular formula is C12H21N3. The van der Waals surface area contributed by atoms with Gasteiger partial charge in [0.1, 0.15) is 0 Å². The van der Waals surface area contributed by atoms with E-state index in [2.05, 4.69) is 45.1 Å². The molecule has 0 spiro atoms. The van der Waals surface area contributed by atoms with Crippen molar-refractivity contribution >= 4 is 0 Å². The Morgan fingerprint density at radius 3 is 2.60 bits per heavy atom. The molecule has 0 radical (unpaired) electrons. The molecule has 2 N–H and O–H groups in total. The Balaban J connectivity index is 2.09. The molecule has 2 unspecified atom stereocenters. The van der Waals surface area contributed by atoms with Crippen LogP contribution in [0, 0.1) is 11.3 Å². The van der Waals surface area contributed by atoms with Gasteiger partial charge in [0.15, 0.2) is 0 Å². The minimum Gasteiger partial charge on any atom is -0.327 e. The Morgan fingerprint density at radius 2 is 2.13 bits per heavy atom. The summed E-state index contributed by atoms with van der Waals surface area (Å²) >= 11 is 0. The molecular weight excluding hydrogens is 186 g/mol. The highest BCUT2D eigenvalue weighted by Gasteiger charge is 2.57. The van der Waals surface area contributed by atoms with E-state index in [1.54, 1.807) is 0 Å². The molecule has 1 fully saturated rings. The summed E-state index contributed by atoms with van der Waals surface area (Å²) in [4.78, 5) is 0. The Kier molecular flexibility index (Phi) is 2.38. The highest BCUT2D eigenvalue weighted by Crippen LogP contribution is 2.56. The molecule has 0 bridgehead atoms. The van der Waals surface area contributed by atoms with Crippen LogP contribution < -0.4 is 5.73 Å². The molecule has 1 aliphatic rings. The Morgan fingerprint density at radius 1 is 1.53 bits per heavy atom. The first-order valence-corrected chi connectivity index (χ1v) is 5.72. The van der Waals surface area contributed by atoms with Crippen LogP contribution in [0.2, 0.25) is 0 Å². The van der Waals surface area contributed by atoms with Crippen LogP contribution in [0.5, 0.6) is 0 Å². The van der Waals surface area contributed by atoms with Crippen molar-refractivity contribution in [2.45, 2.75) is 46.2 Å². The molecule has 84 valence electrons. The van der Waals surface area contributed by atoms with E-state index in [4.69, 9.17) is 5.73 Å². The lowest BCUT2D eigenvalue weighted by Gasteiger charge is -2.04. The molecule has 1 aliphatic carbocycles. The lowest BCUT2D eigenvalue weighted by molar-refractivity contribution is 0.477. The molecule has 1 aromatic rings. The van der Waals surface area contributed by atoms with Crippen LogP contribution in [0.25, 0.3) is 0 Å². The van der Waals surface area contributed by atoms with Gasteiger partial charge in [-0.15, -0.1) is 0 Å².